The average Bonchev–Trinajstić information content (AvgIpc) is 2.36. The molecule has 0 aliphatic rings. The number of likely N-dealkylation sites (N-methyl/N-ethyl adjacent to an activating group) is 1. The van der Waals surface area contributed by atoms with Crippen LogP contribution in [0.25, 0.3) is 0 Å². The second-order valence-corrected chi connectivity index (χ2v) is 4.30. The topological polar surface area (TPSA) is 99.1 Å². The largest absolute Gasteiger partial charge is 0.733 e. The van der Waals surface area contributed by atoms with Crippen LogP contribution < -0.4 is 10.5 Å². The van der Waals surface area contributed by atoms with Crippen molar-refractivity contribution in [2.24, 2.45) is 0 Å². The first-order chi connectivity index (χ1) is 8.97. The van der Waals surface area contributed by atoms with E-state index in [1.807, 2.05) is 19.0 Å². The SMILES string of the molecule is CN(C)CCNC(=O)c1cccc(CO)c1N([O-])O. The van der Waals surface area contributed by atoms with Gasteiger partial charge in [-0.2, -0.15) is 0 Å². The lowest BCUT2D eigenvalue weighted by Crippen LogP contribution is -2.32. The molecule has 0 aliphatic carbocycles. The fourth-order valence-corrected chi connectivity index (χ4v) is 1.62. The zero-order valence-corrected chi connectivity index (χ0v) is 11.0. The van der Waals surface area contributed by atoms with Crippen LogP contribution in [0.4, 0.5) is 5.69 Å². The minimum Gasteiger partial charge on any atom is -0.733 e. The summed E-state index contributed by atoms with van der Waals surface area (Å²) in [6, 6.07) is 4.42. The normalized spacial score (nSPS) is 10.6. The lowest BCUT2D eigenvalue weighted by Gasteiger charge is -2.26. The van der Waals surface area contributed by atoms with Crippen molar-refractivity contribution in [3.63, 3.8) is 0 Å². The standard InChI is InChI=1S/C12H18N3O4/c1-14(2)7-6-13-12(17)10-5-3-4-9(8-16)11(10)15(18)19/h3-5,16,18H,6-8H2,1-2H3,(H,13,17)/q-1. The van der Waals surface area contributed by atoms with E-state index in [4.69, 9.17) is 10.3 Å². The van der Waals surface area contributed by atoms with Gasteiger partial charge < -0.3 is 25.8 Å². The summed E-state index contributed by atoms with van der Waals surface area (Å²) in [6.07, 6.45) is 0. The van der Waals surface area contributed by atoms with Gasteiger partial charge in [-0.25, -0.2) is 0 Å². The number of carbonyl (C=O) groups excluding carboxylic acids is 1. The van der Waals surface area contributed by atoms with Crippen molar-refractivity contribution in [3.05, 3.63) is 34.5 Å². The van der Waals surface area contributed by atoms with E-state index in [9.17, 15) is 10.0 Å². The van der Waals surface area contributed by atoms with Crippen LogP contribution in [0.2, 0.25) is 0 Å². The van der Waals surface area contributed by atoms with Gasteiger partial charge in [0.05, 0.1) is 17.9 Å². The molecule has 0 unspecified atom stereocenters. The quantitative estimate of drug-likeness (QED) is 0.636. The Morgan fingerprint density at radius 1 is 1.42 bits per heavy atom. The molecule has 19 heavy (non-hydrogen) atoms. The molecule has 7 nitrogen and oxygen atoms in total. The Bertz CT molecular complexity index is 435. The monoisotopic (exact) mass is 268 g/mol. The fraction of sp³-hybridized carbons (Fsp3) is 0.417. The molecule has 0 heterocycles. The first kappa shape index (κ1) is 15.4. The molecular formula is C12H18N3O4-. The molecule has 0 atom stereocenters. The fourth-order valence-electron chi connectivity index (χ4n) is 1.62. The molecule has 0 saturated carbocycles. The molecule has 1 aromatic carbocycles. The number of hydrogen-bond acceptors (Lipinski definition) is 6. The Hall–Kier alpha value is -1.67. The summed E-state index contributed by atoms with van der Waals surface area (Å²) in [7, 11) is 3.74. The van der Waals surface area contributed by atoms with E-state index in [0.717, 1.165) is 0 Å². The summed E-state index contributed by atoms with van der Waals surface area (Å²) in [5, 5.41) is 31.5. The van der Waals surface area contributed by atoms with Gasteiger partial charge in [0.25, 0.3) is 5.91 Å². The van der Waals surface area contributed by atoms with Crippen LogP contribution in [0.15, 0.2) is 18.2 Å². The van der Waals surface area contributed by atoms with Crippen LogP contribution in [0.3, 0.4) is 0 Å². The van der Waals surface area contributed by atoms with Crippen molar-refractivity contribution in [3.8, 4) is 0 Å². The van der Waals surface area contributed by atoms with E-state index in [-0.39, 0.29) is 16.8 Å². The Kier molecular flexibility index (Phi) is 5.71. The zero-order chi connectivity index (χ0) is 14.4. The minimum absolute atomic E-state index is 0.0304. The molecule has 1 aromatic rings. The van der Waals surface area contributed by atoms with E-state index in [0.29, 0.717) is 13.1 Å². The first-order valence-electron chi connectivity index (χ1n) is 5.79. The van der Waals surface area contributed by atoms with Crippen molar-refractivity contribution < 1.29 is 15.1 Å². The van der Waals surface area contributed by atoms with Gasteiger partial charge in [-0.1, -0.05) is 12.1 Å². The summed E-state index contributed by atoms with van der Waals surface area (Å²) < 4.78 is 0. The van der Waals surface area contributed by atoms with E-state index < -0.39 is 17.7 Å². The van der Waals surface area contributed by atoms with E-state index in [1.54, 1.807) is 6.07 Å². The van der Waals surface area contributed by atoms with Gasteiger partial charge in [0.1, 0.15) is 0 Å². The maximum Gasteiger partial charge on any atom is 0.253 e. The summed E-state index contributed by atoms with van der Waals surface area (Å²) in [5.74, 6) is -0.470. The Morgan fingerprint density at radius 2 is 2.11 bits per heavy atom. The average molecular weight is 268 g/mol. The molecule has 0 radical (unpaired) electrons. The highest BCUT2D eigenvalue weighted by Gasteiger charge is 2.15. The number of aliphatic hydroxyl groups is 1. The van der Waals surface area contributed by atoms with Gasteiger partial charge in [0.2, 0.25) is 0 Å². The lowest BCUT2D eigenvalue weighted by molar-refractivity contribution is 0.0950. The molecule has 0 aliphatic heterocycles. The first-order valence-corrected chi connectivity index (χ1v) is 5.79. The van der Waals surface area contributed by atoms with Crippen LogP contribution in [-0.2, 0) is 6.61 Å². The predicted octanol–water partition coefficient (Wildman–Crippen LogP) is 0.164. The van der Waals surface area contributed by atoms with Crippen LogP contribution in [0.1, 0.15) is 15.9 Å². The van der Waals surface area contributed by atoms with Gasteiger partial charge in [-0.3, -0.25) is 10.0 Å². The third kappa shape index (κ3) is 4.18. The number of rotatable bonds is 6. The third-order valence-corrected chi connectivity index (χ3v) is 2.57. The Morgan fingerprint density at radius 3 is 2.63 bits per heavy atom. The van der Waals surface area contributed by atoms with E-state index in [2.05, 4.69) is 5.32 Å². The molecule has 1 rings (SSSR count). The molecule has 1 amide bonds. The van der Waals surface area contributed by atoms with Crippen LogP contribution in [0, 0.1) is 5.21 Å². The lowest BCUT2D eigenvalue weighted by atomic mass is 10.1. The van der Waals surface area contributed by atoms with Gasteiger partial charge in [0, 0.05) is 18.7 Å². The van der Waals surface area contributed by atoms with E-state index >= 15 is 0 Å². The maximum absolute atomic E-state index is 11.9. The highest BCUT2D eigenvalue weighted by molar-refractivity contribution is 6.00. The van der Waals surface area contributed by atoms with Gasteiger partial charge in [0.15, 0.2) is 0 Å². The van der Waals surface area contributed by atoms with Crippen molar-refractivity contribution in [1.29, 1.82) is 0 Å². The van der Waals surface area contributed by atoms with Gasteiger partial charge in [-0.15, -0.1) is 0 Å². The maximum atomic E-state index is 11.9. The Balaban J connectivity index is 2.90. The molecule has 0 spiro atoms. The number of nitrogens with zero attached hydrogens (tertiary/aromatic N) is 2. The van der Waals surface area contributed by atoms with Crippen LogP contribution in [0.5, 0.6) is 0 Å². The molecule has 106 valence electrons. The molecule has 0 bridgehead atoms. The zero-order valence-electron chi connectivity index (χ0n) is 11.0. The number of benzene rings is 1. The smallest absolute Gasteiger partial charge is 0.253 e. The molecule has 7 heteroatoms. The van der Waals surface area contributed by atoms with Gasteiger partial charge >= 0.3 is 0 Å². The van der Waals surface area contributed by atoms with Crippen molar-refractivity contribution >= 4 is 11.6 Å². The Labute approximate surface area is 111 Å². The summed E-state index contributed by atoms with van der Waals surface area (Å²) in [4.78, 5) is 13.8. The summed E-state index contributed by atoms with van der Waals surface area (Å²) in [6.45, 7) is 0.632. The third-order valence-electron chi connectivity index (χ3n) is 2.57. The number of amides is 1. The van der Waals surface area contributed by atoms with Crippen molar-refractivity contribution in [2.75, 3.05) is 32.4 Å². The highest BCUT2D eigenvalue weighted by atomic mass is 16.8. The summed E-state index contributed by atoms with van der Waals surface area (Å²) >= 11 is 0. The molecule has 0 fully saturated rings. The number of nitrogens with one attached hydrogen (secondary N) is 1. The van der Waals surface area contributed by atoms with Crippen molar-refractivity contribution in [1.82, 2.24) is 10.2 Å². The second kappa shape index (κ2) is 7.05. The molecule has 3 N–H and O–H groups in total. The number of para-hydroxylation sites is 1. The number of carbonyl (C=O) groups is 1. The summed E-state index contributed by atoms with van der Waals surface area (Å²) in [5.41, 5.74) is -0.00656. The van der Waals surface area contributed by atoms with Gasteiger partial charge in [-0.05, 0) is 20.2 Å². The van der Waals surface area contributed by atoms with E-state index in [1.165, 1.54) is 12.1 Å². The van der Waals surface area contributed by atoms with Crippen LogP contribution >= 0.6 is 0 Å². The molecule has 0 saturated heterocycles. The molecule has 0 aromatic heterocycles. The molecular weight excluding hydrogens is 250 g/mol. The minimum atomic E-state index is -0.470. The highest BCUT2D eigenvalue weighted by Crippen LogP contribution is 2.24. The second-order valence-electron chi connectivity index (χ2n) is 4.30. The number of hydrogen-bond donors (Lipinski definition) is 3. The van der Waals surface area contributed by atoms with Crippen LogP contribution in [-0.4, -0.2) is 48.3 Å². The van der Waals surface area contributed by atoms with Crippen molar-refractivity contribution in [2.45, 2.75) is 6.61 Å². The number of aliphatic hydroxyl groups excluding tert-OH is 1. The predicted molar refractivity (Wildman–Crippen MR) is 70.9 cm³/mol. The number of anilines is 1.